The van der Waals surface area contributed by atoms with Gasteiger partial charge in [-0.05, 0) is 51.8 Å². The maximum absolute atomic E-state index is 13.8. The lowest BCUT2D eigenvalue weighted by Gasteiger charge is -2.24. The first-order valence-electron chi connectivity index (χ1n) is 8.57. The molecule has 0 fully saturated rings. The molecule has 5 rings (SSSR count). The molecular weight excluding hydrogens is 443 g/mol. The van der Waals surface area contributed by atoms with Gasteiger partial charge in [0.2, 0.25) is 18.6 Å². The highest BCUT2D eigenvalue weighted by Crippen LogP contribution is 2.47. The van der Waals surface area contributed by atoms with Crippen molar-refractivity contribution in [2.24, 2.45) is 5.73 Å². The van der Waals surface area contributed by atoms with Gasteiger partial charge in [0.1, 0.15) is 17.5 Å². The molecule has 0 bridgehead atoms. The lowest BCUT2D eigenvalue weighted by atomic mass is 9.83. The largest absolute Gasteiger partial charge is 0.454 e. The van der Waals surface area contributed by atoms with Crippen LogP contribution in [0.2, 0.25) is 0 Å². The molecule has 3 N–H and O–H groups in total. The van der Waals surface area contributed by atoms with Crippen molar-refractivity contribution >= 4 is 15.9 Å². The molecule has 1 aromatic heterocycles. The number of hydrogen-bond acceptors (Lipinski definition) is 6. The molecule has 29 heavy (non-hydrogen) atoms. The predicted molar refractivity (Wildman–Crippen MR) is 104 cm³/mol. The summed E-state index contributed by atoms with van der Waals surface area (Å²) in [6.45, 7) is 0.160. The number of benzene rings is 2. The van der Waals surface area contributed by atoms with Gasteiger partial charge in [-0.25, -0.2) is 4.39 Å². The van der Waals surface area contributed by atoms with Gasteiger partial charge >= 0.3 is 0 Å². The van der Waals surface area contributed by atoms with Crippen molar-refractivity contribution < 1.29 is 18.6 Å². The smallest absolute Gasteiger partial charge is 0.244 e. The average Bonchev–Trinajstić information content (AvgIpc) is 3.35. The molecule has 3 heterocycles. The Bertz CT molecular complexity index is 1230. The summed E-state index contributed by atoms with van der Waals surface area (Å²) in [5, 5.41) is 16.9. The van der Waals surface area contributed by atoms with E-state index in [1.54, 1.807) is 18.2 Å². The molecule has 9 heteroatoms. The summed E-state index contributed by atoms with van der Waals surface area (Å²) < 4.78 is 30.5. The first kappa shape index (κ1) is 17.6. The van der Waals surface area contributed by atoms with Crippen LogP contribution in [0.1, 0.15) is 17.0 Å². The average molecular weight is 455 g/mol. The number of H-pyrrole nitrogens is 1. The number of hydrogen-bond donors (Lipinski definition) is 2. The van der Waals surface area contributed by atoms with Gasteiger partial charge in [-0.3, -0.25) is 5.10 Å². The van der Waals surface area contributed by atoms with Gasteiger partial charge in [0.05, 0.1) is 21.6 Å². The van der Waals surface area contributed by atoms with Gasteiger partial charge in [-0.1, -0.05) is 6.07 Å². The first-order chi connectivity index (χ1) is 14.1. The fourth-order valence-electron chi connectivity index (χ4n) is 3.54. The van der Waals surface area contributed by atoms with E-state index in [0.29, 0.717) is 28.3 Å². The summed E-state index contributed by atoms with van der Waals surface area (Å²) in [5.41, 5.74) is 8.92. The molecule has 144 valence electrons. The third kappa shape index (κ3) is 2.72. The van der Waals surface area contributed by atoms with Crippen molar-refractivity contribution in [2.45, 2.75) is 5.92 Å². The van der Waals surface area contributed by atoms with E-state index in [1.807, 2.05) is 12.1 Å². The van der Waals surface area contributed by atoms with E-state index < -0.39 is 11.7 Å². The fraction of sp³-hybridized carbons (Fsp3) is 0.100. The topological polar surface area (TPSA) is 106 Å². The molecule has 0 spiro atoms. The van der Waals surface area contributed by atoms with E-state index in [0.717, 1.165) is 5.56 Å². The molecule has 0 amide bonds. The van der Waals surface area contributed by atoms with Crippen LogP contribution in [-0.4, -0.2) is 17.0 Å². The van der Waals surface area contributed by atoms with Crippen molar-refractivity contribution in [1.82, 2.24) is 10.2 Å². The molecule has 0 unspecified atom stereocenters. The number of nitrogens with two attached hydrogens (primary N) is 1. The van der Waals surface area contributed by atoms with Crippen LogP contribution in [0.25, 0.3) is 11.3 Å². The number of aromatic nitrogens is 2. The van der Waals surface area contributed by atoms with Gasteiger partial charge in [-0.15, -0.1) is 5.10 Å². The number of halogens is 2. The van der Waals surface area contributed by atoms with E-state index >= 15 is 0 Å². The second-order valence-corrected chi connectivity index (χ2v) is 7.34. The minimum Gasteiger partial charge on any atom is -0.454 e. The van der Waals surface area contributed by atoms with Crippen LogP contribution >= 0.6 is 15.9 Å². The van der Waals surface area contributed by atoms with Gasteiger partial charge in [0.25, 0.3) is 0 Å². The predicted octanol–water partition coefficient (Wildman–Crippen LogP) is 3.93. The Morgan fingerprint density at radius 2 is 2.03 bits per heavy atom. The number of fused-ring (bicyclic) bond motifs is 2. The maximum Gasteiger partial charge on any atom is 0.244 e. The molecule has 0 saturated heterocycles. The third-order valence-corrected chi connectivity index (χ3v) is 5.48. The third-order valence-electron chi connectivity index (χ3n) is 4.88. The summed E-state index contributed by atoms with van der Waals surface area (Å²) in [4.78, 5) is 0. The van der Waals surface area contributed by atoms with E-state index in [9.17, 15) is 9.65 Å². The number of allylic oxidation sites excluding steroid dienone is 1. The zero-order valence-electron chi connectivity index (χ0n) is 14.7. The Morgan fingerprint density at radius 1 is 1.21 bits per heavy atom. The van der Waals surface area contributed by atoms with Gasteiger partial charge < -0.3 is 19.9 Å². The number of rotatable bonds is 2. The minimum atomic E-state index is -0.583. The quantitative estimate of drug-likeness (QED) is 0.607. The summed E-state index contributed by atoms with van der Waals surface area (Å²) in [6, 6.07) is 12.2. The van der Waals surface area contributed by atoms with Crippen LogP contribution < -0.4 is 19.9 Å². The molecule has 0 saturated carbocycles. The molecule has 2 aliphatic rings. The normalized spacial score (nSPS) is 16.9. The van der Waals surface area contributed by atoms with Crippen LogP contribution in [0, 0.1) is 17.1 Å². The maximum atomic E-state index is 13.8. The van der Waals surface area contributed by atoms with Crippen molar-refractivity contribution in [3.8, 4) is 34.7 Å². The number of aromatic amines is 1. The van der Waals surface area contributed by atoms with E-state index in [4.69, 9.17) is 19.9 Å². The van der Waals surface area contributed by atoms with E-state index in [-0.39, 0.29) is 28.6 Å². The highest BCUT2D eigenvalue weighted by Gasteiger charge is 2.36. The highest BCUT2D eigenvalue weighted by atomic mass is 79.9. The SMILES string of the molecule is N#CC1=C(N)Oc2n[nH]c(-c3ccc4c(c3)OCO4)c2[C@H]1c1ccc(F)c(Br)c1. The standard InChI is InChI=1S/C20H12BrFN4O3/c21-12-5-9(1-3-13(12)22)16-11(7-23)19(24)29-20-17(16)18(25-26-20)10-2-4-14-15(6-10)28-8-27-14/h1-6,16H,8,24H2,(H,25,26)/t16-/m0/s1. The van der Waals surface area contributed by atoms with Crippen molar-refractivity contribution in [1.29, 1.82) is 5.26 Å². The zero-order valence-corrected chi connectivity index (χ0v) is 16.3. The Kier molecular flexibility index (Phi) is 3.96. The Balaban J connectivity index is 1.71. The summed E-state index contributed by atoms with van der Waals surface area (Å²) >= 11 is 3.21. The van der Waals surface area contributed by atoms with Crippen LogP contribution in [0.15, 0.2) is 52.3 Å². The van der Waals surface area contributed by atoms with Gasteiger partial charge in [0.15, 0.2) is 11.5 Å². The molecule has 2 aliphatic heterocycles. The number of nitrogens with one attached hydrogen (secondary N) is 1. The molecule has 0 aliphatic carbocycles. The van der Waals surface area contributed by atoms with E-state index in [2.05, 4.69) is 32.2 Å². The summed E-state index contributed by atoms with van der Waals surface area (Å²) in [5.74, 6) is 0.506. The number of nitriles is 1. The van der Waals surface area contributed by atoms with Crippen LogP contribution in [0.3, 0.4) is 0 Å². The van der Waals surface area contributed by atoms with Gasteiger partial charge in [0, 0.05) is 5.56 Å². The lowest BCUT2D eigenvalue weighted by molar-refractivity contribution is 0.174. The Morgan fingerprint density at radius 3 is 2.83 bits per heavy atom. The van der Waals surface area contributed by atoms with Crippen molar-refractivity contribution in [3.63, 3.8) is 0 Å². The zero-order chi connectivity index (χ0) is 20.1. The fourth-order valence-corrected chi connectivity index (χ4v) is 3.94. The summed E-state index contributed by atoms with van der Waals surface area (Å²) in [7, 11) is 0. The second kappa shape index (κ2) is 6.53. The molecule has 3 aromatic rings. The van der Waals surface area contributed by atoms with Crippen LogP contribution in [0.5, 0.6) is 17.4 Å². The molecule has 7 nitrogen and oxygen atoms in total. The summed E-state index contributed by atoms with van der Waals surface area (Å²) in [6.07, 6.45) is 0. The molecule has 2 aromatic carbocycles. The molecule has 1 atom stereocenters. The lowest BCUT2D eigenvalue weighted by Crippen LogP contribution is -2.21. The highest BCUT2D eigenvalue weighted by molar-refractivity contribution is 9.10. The van der Waals surface area contributed by atoms with Crippen LogP contribution in [0.4, 0.5) is 4.39 Å². The van der Waals surface area contributed by atoms with Crippen LogP contribution in [-0.2, 0) is 0 Å². The van der Waals surface area contributed by atoms with Crippen molar-refractivity contribution in [3.05, 3.63) is 69.3 Å². The van der Waals surface area contributed by atoms with E-state index in [1.165, 1.54) is 6.07 Å². The Labute approximate surface area is 172 Å². The van der Waals surface area contributed by atoms with Crippen molar-refractivity contribution in [2.75, 3.05) is 6.79 Å². The molecule has 0 radical (unpaired) electrons. The number of nitrogens with zero attached hydrogens (tertiary/aromatic N) is 2. The first-order valence-corrected chi connectivity index (χ1v) is 9.37. The minimum absolute atomic E-state index is 0.0332. The number of ether oxygens (including phenoxy) is 3. The Hall–Kier alpha value is -3.51. The monoisotopic (exact) mass is 454 g/mol. The van der Waals surface area contributed by atoms with Gasteiger partial charge in [-0.2, -0.15) is 5.26 Å². The molecular formula is C20H12BrFN4O3. The second-order valence-electron chi connectivity index (χ2n) is 6.48.